The van der Waals surface area contributed by atoms with E-state index in [1.807, 2.05) is 13.8 Å². The maximum atomic E-state index is 12.2. The molecule has 1 heterocycles. The monoisotopic (exact) mass is 269 g/mol. The number of Topliss-reactive ketones (excluding diaryl/α,β-unsaturated/α-hetero) is 1. The van der Waals surface area contributed by atoms with Crippen molar-refractivity contribution in [1.29, 1.82) is 0 Å². The fraction of sp³-hybridized carbons (Fsp3) is 0.538. The van der Waals surface area contributed by atoms with Gasteiger partial charge in [0.25, 0.3) is 0 Å². The highest BCUT2D eigenvalue weighted by Crippen LogP contribution is 2.21. The summed E-state index contributed by atoms with van der Waals surface area (Å²) in [5.74, 6) is 0.141. The molecule has 4 nitrogen and oxygen atoms in total. The second-order valence-electron chi connectivity index (χ2n) is 4.76. The van der Waals surface area contributed by atoms with Gasteiger partial charge in [0.15, 0.2) is 5.78 Å². The standard InChI is InChI=1S/C13H20ClN3O/c1-8(4-3-5-9(2)15)12(18)11-6-10(14)7-17-13(11)16/h6-9H,3-5,15H2,1-2H3,(H2,16,17). The smallest absolute Gasteiger partial charge is 0.169 e. The van der Waals surface area contributed by atoms with Crippen LogP contribution in [0.2, 0.25) is 5.02 Å². The van der Waals surface area contributed by atoms with Crippen molar-refractivity contribution < 1.29 is 4.79 Å². The third kappa shape index (κ3) is 4.27. The van der Waals surface area contributed by atoms with Gasteiger partial charge in [0, 0.05) is 18.2 Å². The van der Waals surface area contributed by atoms with Crippen LogP contribution < -0.4 is 11.5 Å². The van der Waals surface area contributed by atoms with Crippen molar-refractivity contribution in [1.82, 2.24) is 4.98 Å². The third-order valence-corrected chi connectivity index (χ3v) is 3.10. The highest BCUT2D eigenvalue weighted by Gasteiger charge is 2.18. The topological polar surface area (TPSA) is 82.0 Å². The maximum absolute atomic E-state index is 12.2. The normalized spacial score (nSPS) is 14.2. The van der Waals surface area contributed by atoms with E-state index in [0.717, 1.165) is 19.3 Å². The molecule has 100 valence electrons. The van der Waals surface area contributed by atoms with Gasteiger partial charge in [-0.15, -0.1) is 0 Å². The Morgan fingerprint density at radius 3 is 2.72 bits per heavy atom. The number of ketones is 1. The van der Waals surface area contributed by atoms with Gasteiger partial charge < -0.3 is 11.5 Å². The average molecular weight is 270 g/mol. The molecule has 0 bridgehead atoms. The van der Waals surface area contributed by atoms with Crippen LogP contribution >= 0.6 is 11.6 Å². The number of hydrogen-bond acceptors (Lipinski definition) is 4. The summed E-state index contributed by atoms with van der Waals surface area (Å²) >= 11 is 5.82. The molecule has 0 radical (unpaired) electrons. The number of hydrogen-bond donors (Lipinski definition) is 2. The Balaban J connectivity index is 2.65. The lowest BCUT2D eigenvalue weighted by Crippen LogP contribution is -2.17. The summed E-state index contributed by atoms with van der Waals surface area (Å²) < 4.78 is 0. The molecule has 0 saturated carbocycles. The number of carbonyl (C=O) groups excluding carboxylic acids is 1. The maximum Gasteiger partial charge on any atom is 0.169 e. The third-order valence-electron chi connectivity index (χ3n) is 2.89. The predicted molar refractivity (Wildman–Crippen MR) is 74.7 cm³/mol. The first-order valence-corrected chi connectivity index (χ1v) is 6.50. The minimum absolute atomic E-state index is 0.00725. The Kier molecular flexibility index (Phi) is 5.56. The lowest BCUT2D eigenvalue weighted by Gasteiger charge is -2.12. The molecule has 0 amide bonds. The minimum atomic E-state index is -0.0914. The molecule has 2 atom stereocenters. The second kappa shape index (κ2) is 6.71. The van der Waals surface area contributed by atoms with Crippen molar-refractivity contribution in [3.8, 4) is 0 Å². The van der Waals surface area contributed by atoms with E-state index < -0.39 is 0 Å². The van der Waals surface area contributed by atoms with Crippen LogP contribution in [0.3, 0.4) is 0 Å². The Morgan fingerprint density at radius 1 is 1.44 bits per heavy atom. The first-order valence-electron chi connectivity index (χ1n) is 6.12. The molecule has 1 rings (SSSR count). The summed E-state index contributed by atoms with van der Waals surface area (Å²) in [6.07, 6.45) is 4.08. The quantitative estimate of drug-likeness (QED) is 0.778. The molecule has 18 heavy (non-hydrogen) atoms. The van der Waals surface area contributed by atoms with Gasteiger partial charge in [0.1, 0.15) is 5.82 Å². The molecule has 0 aliphatic carbocycles. The van der Waals surface area contributed by atoms with Crippen molar-refractivity contribution in [2.75, 3.05) is 5.73 Å². The average Bonchev–Trinajstić information content (AvgIpc) is 2.30. The van der Waals surface area contributed by atoms with Crippen LogP contribution in [0.5, 0.6) is 0 Å². The van der Waals surface area contributed by atoms with Gasteiger partial charge in [-0.2, -0.15) is 0 Å². The van der Waals surface area contributed by atoms with Crippen molar-refractivity contribution in [2.45, 2.75) is 39.2 Å². The zero-order valence-corrected chi connectivity index (χ0v) is 11.6. The molecular weight excluding hydrogens is 250 g/mol. The number of carbonyl (C=O) groups is 1. The van der Waals surface area contributed by atoms with Gasteiger partial charge in [0.2, 0.25) is 0 Å². The van der Waals surface area contributed by atoms with Crippen LogP contribution in [-0.4, -0.2) is 16.8 Å². The van der Waals surface area contributed by atoms with Crippen LogP contribution in [0.25, 0.3) is 0 Å². The molecule has 0 fully saturated rings. The van der Waals surface area contributed by atoms with E-state index in [4.69, 9.17) is 23.1 Å². The van der Waals surface area contributed by atoms with E-state index in [-0.39, 0.29) is 23.6 Å². The van der Waals surface area contributed by atoms with Crippen molar-refractivity contribution in [2.24, 2.45) is 11.7 Å². The lowest BCUT2D eigenvalue weighted by molar-refractivity contribution is 0.0922. The van der Waals surface area contributed by atoms with Gasteiger partial charge >= 0.3 is 0 Å². The highest BCUT2D eigenvalue weighted by atomic mass is 35.5. The zero-order chi connectivity index (χ0) is 13.7. The van der Waals surface area contributed by atoms with Crippen LogP contribution in [0, 0.1) is 5.92 Å². The fourth-order valence-electron chi connectivity index (χ4n) is 1.79. The molecule has 2 unspecified atom stereocenters. The van der Waals surface area contributed by atoms with Gasteiger partial charge in [0.05, 0.1) is 10.6 Å². The lowest BCUT2D eigenvalue weighted by atomic mass is 9.94. The number of nitrogens with zero attached hydrogens (tertiary/aromatic N) is 1. The van der Waals surface area contributed by atoms with Crippen molar-refractivity contribution in [3.05, 3.63) is 22.8 Å². The van der Waals surface area contributed by atoms with E-state index in [2.05, 4.69) is 4.98 Å². The molecule has 5 heteroatoms. The van der Waals surface area contributed by atoms with Gasteiger partial charge in [-0.1, -0.05) is 24.9 Å². The van der Waals surface area contributed by atoms with E-state index in [1.165, 1.54) is 6.20 Å². The molecule has 0 aromatic carbocycles. The van der Waals surface area contributed by atoms with Crippen LogP contribution in [0.4, 0.5) is 5.82 Å². The number of rotatable bonds is 6. The van der Waals surface area contributed by atoms with Gasteiger partial charge in [-0.05, 0) is 25.8 Å². The van der Waals surface area contributed by atoms with E-state index >= 15 is 0 Å². The number of nitrogens with two attached hydrogens (primary N) is 2. The summed E-state index contributed by atoms with van der Waals surface area (Å²) in [6.45, 7) is 3.86. The summed E-state index contributed by atoms with van der Waals surface area (Å²) in [5, 5.41) is 0.426. The predicted octanol–water partition coefficient (Wildman–Crippen LogP) is 2.65. The molecular formula is C13H20ClN3O. The molecule has 0 aliphatic heterocycles. The number of anilines is 1. The number of aromatic nitrogens is 1. The Morgan fingerprint density at radius 2 is 2.11 bits per heavy atom. The second-order valence-corrected chi connectivity index (χ2v) is 5.20. The van der Waals surface area contributed by atoms with E-state index in [0.29, 0.717) is 10.6 Å². The Hall–Kier alpha value is -1.13. The summed E-state index contributed by atoms with van der Waals surface area (Å²) in [4.78, 5) is 16.1. The molecule has 0 aliphatic rings. The summed E-state index contributed by atoms with van der Waals surface area (Å²) in [6, 6.07) is 1.75. The first kappa shape index (κ1) is 14.9. The fourth-order valence-corrected chi connectivity index (χ4v) is 1.95. The molecule has 1 aromatic rings. The number of pyridine rings is 1. The van der Waals surface area contributed by atoms with Crippen molar-refractivity contribution in [3.63, 3.8) is 0 Å². The first-order chi connectivity index (χ1) is 8.41. The summed E-state index contributed by atoms with van der Waals surface area (Å²) in [7, 11) is 0. The SMILES string of the molecule is CC(N)CCCC(C)C(=O)c1cc(Cl)cnc1N. The number of halogens is 1. The Labute approximate surface area is 113 Å². The molecule has 0 saturated heterocycles. The van der Waals surface area contributed by atoms with Crippen molar-refractivity contribution >= 4 is 23.2 Å². The zero-order valence-electron chi connectivity index (χ0n) is 10.8. The van der Waals surface area contributed by atoms with E-state index in [1.54, 1.807) is 6.07 Å². The van der Waals surface area contributed by atoms with Crippen LogP contribution in [0.15, 0.2) is 12.3 Å². The highest BCUT2D eigenvalue weighted by molar-refractivity contribution is 6.31. The number of nitrogen functional groups attached to an aromatic ring is 1. The van der Waals surface area contributed by atoms with Crippen LogP contribution in [0.1, 0.15) is 43.5 Å². The van der Waals surface area contributed by atoms with Gasteiger partial charge in [-0.3, -0.25) is 4.79 Å². The molecule has 1 aromatic heterocycles. The van der Waals surface area contributed by atoms with E-state index in [9.17, 15) is 4.79 Å². The minimum Gasteiger partial charge on any atom is -0.383 e. The molecule has 4 N–H and O–H groups in total. The summed E-state index contributed by atoms with van der Waals surface area (Å²) in [5.41, 5.74) is 11.8. The van der Waals surface area contributed by atoms with Crippen LogP contribution in [-0.2, 0) is 0 Å². The molecule has 0 spiro atoms. The van der Waals surface area contributed by atoms with Gasteiger partial charge in [-0.25, -0.2) is 4.98 Å². The largest absolute Gasteiger partial charge is 0.383 e. The Bertz CT molecular complexity index is 421.